The standard InChI is InChI=1S/C22H21ClO4S2/c1-13-11-17(24)20(18(12-13)28-14-5-3-2-4-6-14)22(25)16-7-8-19-15(21(16)23)9-10-29(19,26)27/h2-8,13,18,20H,9-12H2,1H3. The van der Waals surface area contributed by atoms with Gasteiger partial charge in [0.25, 0.3) is 0 Å². The fraction of sp³-hybridized carbons (Fsp3) is 0.364. The van der Waals surface area contributed by atoms with Crippen molar-refractivity contribution in [3.63, 3.8) is 0 Å². The summed E-state index contributed by atoms with van der Waals surface area (Å²) in [5.41, 5.74) is 0.760. The van der Waals surface area contributed by atoms with Crippen LogP contribution in [0, 0.1) is 11.8 Å². The molecule has 2 aliphatic rings. The average molecular weight is 449 g/mol. The number of halogens is 1. The molecule has 0 spiro atoms. The monoisotopic (exact) mass is 448 g/mol. The lowest BCUT2D eigenvalue weighted by Crippen LogP contribution is -2.39. The Kier molecular flexibility index (Phi) is 5.62. The molecule has 1 fully saturated rings. The zero-order valence-electron chi connectivity index (χ0n) is 15.9. The highest BCUT2D eigenvalue weighted by atomic mass is 35.5. The number of carbonyl (C=O) groups excluding carboxylic acids is 2. The average Bonchev–Trinajstić information content (AvgIpc) is 2.98. The third-order valence-electron chi connectivity index (χ3n) is 5.64. The van der Waals surface area contributed by atoms with E-state index < -0.39 is 15.8 Å². The first-order valence-electron chi connectivity index (χ1n) is 9.60. The number of rotatable bonds is 4. The first-order chi connectivity index (χ1) is 13.8. The molecule has 0 radical (unpaired) electrons. The lowest BCUT2D eigenvalue weighted by atomic mass is 9.77. The third-order valence-corrected chi connectivity index (χ3v) is 9.18. The minimum absolute atomic E-state index is 0.00601. The van der Waals surface area contributed by atoms with Crippen molar-refractivity contribution in [1.82, 2.24) is 0 Å². The maximum Gasteiger partial charge on any atom is 0.179 e. The molecule has 152 valence electrons. The second kappa shape index (κ2) is 7.89. The number of thioether (sulfide) groups is 1. The Hall–Kier alpha value is -1.63. The first-order valence-corrected chi connectivity index (χ1v) is 12.5. The highest BCUT2D eigenvalue weighted by Gasteiger charge is 2.42. The van der Waals surface area contributed by atoms with Crippen LogP contribution in [-0.2, 0) is 21.1 Å². The molecule has 7 heteroatoms. The maximum absolute atomic E-state index is 13.4. The van der Waals surface area contributed by atoms with Crippen LogP contribution in [0.4, 0.5) is 0 Å². The molecule has 0 N–H and O–H groups in total. The summed E-state index contributed by atoms with van der Waals surface area (Å²) in [6.45, 7) is 2.03. The Labute approximate surface area is 180 Å². The van der Waals surface area contributed by atoms with Crippen LogP contribution in [0.25, 0.3) is 0 Å². The number of hydrogen-bond donors (Lipinski definition) is 0. The van der Waals surface area contributed by atoms with Crippen molar-refractivity contribution in [2.75, 3.05) is 5.75 Å². The number of Topliss-reactive ketones (excluding diaryl/α,β-unsaturated/α-hetero) is 2. The van der Waals surface area contributed by atoms with Crippen LogP contribution in [0.15, 0.2) is 52.3 Å². The van der Waals surface area contributed by atoms with Gasteiger partial charge in [0.1, 0.15) is 5.78 Å². The highest BCUT2D eigenvalue weighted by Crippen LogP contribution is 2.41. The summed E-state index contributed by atoms with van der Waals surface area (Å²) in [5.74, 6) is -0.913. The van der Waals surface area contributed by atoms with Gasteiger partial charge < -0.3 is 0 Å². The summed E-state index contributed by atoms with van der Waals surface area (Å²) in [6.07, 6.45) is 1.44. The molecular weight excluding hydrogens is 428 g/mol. The van der Waals surface area contributed by atoms with Gasteiger partial charge in [-0.2, -0.15) is 0 Å². The van der Waals surface area contributed by atoms with E-state index in [0.29, 0.717) is 18.4 Å². The molecule has 1 aliphatic heterocycles. The largest absolute Gasteiger partial charge is 0.299 e. The van der Waals surface area contributed by atoms with Gasteiger partial charge in [-0.25, -0.2) is 8.42 Å². The van der Waals surface area contributed by atoms with E-state index in [1.165, 1.54) is 12.1 Å². The molecule has 4 nitrogen and oxygen atoms in total. The van der Waals surface area contributed by atoms with Gasteiger partial charge in [0.15, 0.2) is 15.6 Å². The van der Waals surface area contributed by atoms with Crippen molar-refractivity contribution < 1.29 is 18.0 Å². The summed E-state index contributed by atoms with van der Waals surface area (Å²) in [4.78, 5) is 27.5. The fourth-order valence-corrected chi connectivity index (χ4v) is 7.69. The van der Waals surface area contributed by atoms with Gasteiger partial charge in [-0.3, -0.25) is 9.59 Å². The van der Waals surface area contributed by atoms with Gasteiger partial charge >= 0.3 is 0 Å². The van der Waals surface area contributed by atoms with Crippen LogP contribution < -0.4 is 0 Å². The van der Waals surface area contributed by atoms with E-state index in [9.17, 15) is 18.0 Å². The normalized spacial score (nSPS) is 25.6. The zero-order chi connectivity index (χ0) is 20.8. The Morgan fingerprint density at radius 2 is 1.86 bits per heavy atom. The van der Waals surface area contributed by atoms with Crippen molar-refractivity contribution >= 4 is 44.8 Å². The molecule has 2 aromatic rings. The van der Waals surface area contributed by atoms with E-state index in [1.54, 1.807) is 11.8 Å². The number of carbonyl (C=O) groups is 2. The molecule has 0 aromatic heterocycles. The van der Waals surface area contributed by atoms with Crippen LogP contribution in [0.1, 0.15) is 35.7 Å². The van der Waals surface area contributed by atoms with Crippen LogP contribution in [0.2, 0.25) is 5.02 Å². The second-order valence-corrected chi connectivity index (χ2v) is 11.6. The van der Waals surface area contributed by atoms with Crippen LogP contribution in [-0.4, -0.2) is 31.0 Å². The topological polar surface area (TPSA) is 68.3 Å². The van der Waals surface area contributed by atoms with E-state index in [4.69, 9.17) is 11.6 Å². The molecular formula is C22H21ClO4S2. The van der Waals surface area contributed by atoms with Crippen molar-refractivity contribution in [3.05, 3.63) is 58.6 Å². The molecule has 1 heterocycles. The minimum atomic E-state index is -3.33. The number of fused-ring (bicyclic) bond motifs is 1. The van der Waals surface area contributed by atoms with Crippen molar-refractivity contribution in [2.45, 2.75) is 41.2 Å². The Bertz CT molecular complexity index is 1080. The van der Waals surface area contributed by atoms with Crippen LogP contribution in [0.5, 0.6) is 0 Å². The molecule has 1 saturated carbocycles. The van der Waals surface area contributed by atoms with Gasteiger partial charge in [-0.1, -0.05) is 36.7 Å². The Morgan fingerprint density at radius 3 is 2.59 bits per heavy atom. The molecule has 3 unspecified atom stereocenters. The van der Waals surface area contributed by atoms with Crippen molar-refractivity contribution in [2.24, 2.45) is 11.8 Å². The number of ketones is 2. The summed E-state index contributed by atoms with van der Waals surface area (Å²) in [6, 6.07) is 12.7. The Morgan fingerprint density at radius 1 is 1.14 bits per heavy atom. The lowest BCUT2D eigenvalue weighted by Gasteiger charge is -2.32. The molecule has 4 rings (SSSR count). The van der Waals surface area contributed by atoms with Gasteiger partial charge in [0.05, 0.1) is 21.6 Å². The predicted octanol–water partition coefficient (Wildman–Crippen LogP) is 4.63. The summed E-state index contributed by atoms with van der Waals surface area (Å²) in [5, 5.41) is 0.0117. The second-order valence-electron chi connectivity index (χ2n) is 7.80. The van der Waals surface area contributed by atoms with Crippen LogP contribution in [0.3, 0.4) is 0 Å². The fourth-order valence-electron chi connectivity index (χ4n) is 4.23. The Balaban J connectivity index is 1.69. The summed E-state index contributed by atoms with van der Waals surface area (Å²) >= 11 is 8.03. The molecule has 0 bridgehead atoms. The van der Waals surface area contributed by atoms with Crippen LogP contribution >= 0.6 is 23.4 Å². The first kappa shape index (κ1) is 20.6. The predicted molar refractivity (Wildman–Crippen MR) is 115 cm³/mol. The van der Waals surface area contributed by atoms with Crippen molar-refractivity contribution in [1.29, 1.82) is 0 Å². The van der Waals surface area contributed by atoms with Gasteiger partial charge in [-0.05, 0) is 48.6 Å². The minimum Gasteiger partial charge on any atom is -0.299 e. The van der Waals surface area contributed by atoms with E-state index in [0.717, 1.165) is 11.3 Å². The molecule has 3 atom stereocenters. The van der Waals surface area contributed by atoms with Gasteiger partial charge in [-0.15, -0.1) is 11.8 Å². The van der Waals surface area contributed by atoms with Gasteiger partial charge in [0, 0.05) is 22.1 Å². The number of sulfone groups is 1. The molecule has 0 saturated heterocycles. The summed E-state index contributed by atoms with van der Waals surface area (Å²) < 4.78 is 24.3. The smallest absolute Gasteiger partial charge is 0.179 e. The van der Waals surface area contributed by atoms with E-state index in [-0.39, 0.29) is 44.0 Å². The quantitative estimate of drug-likeness (QED) is 0.504. The van der Waals surface area contributed by atoms with E-state index >= 15 is 0 Å². The highest BCUT2D eigenvalue weighted by molar-refractivity contribution is 8.00. The van der Waals surface area contributed by atoms with E-state index in [2.05, 4.69) is 0 Å². The SMILES string of the molecule is CC1CC(=O)C(C(=O)c2ccc3c(c2Cl)CCS3(=O)=O)C(Sc2ccccc2)C1. The molecule has 2 aromatic carbocycles. The van der Waals surface area contributed by atoms with Crippen molar-refractivity contribution in [3.8, 4) is 0 Å². The molecule has 0 amide bonds. The molecule has 29 heavy (non-hydrogen) atoms. The number of benzene rings is 2. The number of hydrogen-bond acceptors (Lipinski definition) is 5. The lowest BCUT2D eigenvalue weighted by molar-refractivity contribution is -0.123. The third kappa shape index (κ3) is 3.90. The summed E-state index contributed by atoms with van der Waals surface area (Å²) in [7, 11) is -3.33. The molecule has 1 aliphatic carbocycles. The zero-order valence-corrected chi connectivity index (χ0v) is 18.3. The van der Waals surface area contributed by atoms with E-state index in [1.807, 2.05) is 37.3 Å². The maximum atomic E-state index is 13.4. The van der Waals surface area contributed by atoms with Gasteiger partial charge in [0.2, 0.25) is 0 Å².